The van der Waals surface area contributed by atoms with E-state index in [1.807, 2.05) is 0 Å². The Balaban J connectivity index is 2.54. The molecule has 0 bridgehead atoms. The lowest BCUT2D eigenvalue weighted by atomic mass is 10.3. The highest BCUT2D eigenvalue weighted by Gasteiger charge is 2.05. The summed E-state index contributed by atoms with van der Waals surface area (Å²) in [6.45, 7) is -0.390. The molecule has 1 N–H and O–H groups in total. The van der Waals surface area contributed by atoms with Gasteiger partial charge in [0.05, 0.1) is 13.0 Å². The first-order chi connectivity index (χ1) is 6.24. The highest BCUT2D eigenvalue weighted by Crippen LogP contribution is 1.98. The molecule has 1 heterocycles. The standard InChI is InChI=1S/C7H10FN3O2/c8-3-4-11-6(9-5-10-11)1-2-7(12)13/h5H,1-4H2,(H,12,13). The fourth-order valence-electron chi connectivity index (χ4n) is 0.967. The van der Waals surface area contributed by atoms with Crippen LogP contribution in [0, 0.1) is 0 Å². The van der Waals surface area contributed by atoms with Crippen LogP contribution in [0.25, 0.3) is 0 Å². The van der Waals surface area contributed by atoms with Crippen molar-refractivity contribution in [2.24, 2.45) is 0 Å². The summed E-state index contributed by atoms with van der Waals surface area (Å²) in [5.41, 5.74) is 0. The van der Waals surface area contributed by atoms with Crippen LogP contribution in [0.5, 0.6) is 0 Å². The van der Waals surface area contributed by atoms with Crippen molar-refractivity contribution in [3.63, 3.8) is 0 Å². The monoisotopic (exact) mass is 187 g/mol. The van der Waals surface area contributed by atoms with Gasteiger partial charge in [-0.3, -0.25) is 4.79 Å². The van der Waals surface area contributed by atoms with Gasteiger partial charge >= 0.3 is 5.97 Å². The summed E-state index contributed by atoms with van der Waals surface area (Å²) in [5.74, 6) is -0.380. The number of aromatic nitrogens is 3. The zero-order valence-corrected chi connectivity index (χ0v) is 6.98. The molecule has 0 radical (unpaired) electrons. The lowest BCUT2D eigenvalue weighted by Crippen LogP contribution is -2.09. The van der Waals surface area contributed by atoms with Crippen molar-refractivity contribution in [2.45, 2.75) is 19.4 Å². The van der Waals surface area contributed by atoms with Crippen molar-refractivity contribution >= 4 is 5.97 Å². The van der Waals surface area contributed by atoms with Gasteiger partial charge in [0.25, 0.3) is 0 Å². The minimum absolute atomic E-state index is 0.00895. The second-order valence-corrected chi connectivity index (χ2v) is 2.48. The van der Waals surface area contributed by atoms with E-state index in [9.17, 15) is 9.18 Å². The number of aliphatic carboxylic acids is 1. The van der Waals surface area contributed by atoms with Crippen molar-refractivity contribution in [2.75, 3.05) is 6.67 Å². The Bertz CT molecular complexity index is 287. The minimum Gasteiger partial charge on any atom is -0.481 e. The molecule has 0 aliphatic heterocycles. The molecule has 0 saturated heterocycles. The predicted molar refractivity (Wildman–Crippen MR) is 42.0 cm³/mol. The van der Waals surface area contributed by atoms with Gasteiger partial charge in [0.2, 0.25) is 0 Å². The first kappa shape index (κ1) is 9.63. The third kappa shape index (κ3) is 2.81. The molecule has 0 amide bonds. The lowest BCUT2D eigenvalue weighted by molar-refractivity contribution is -0.137. The number of alkyl halides is 1. The number of carboxylic acids is 1. The molecule has 0 fully saturated rings. The molecule has 0 aliphatic rings. The smallest absolute Gasteiger partial charge is 0.303 e. The van der Waals surface area contributed by atoms with Crippen molar-refractivity contribution in [3.05, 3.63) is 12.2 Å². The van der Waals surface area contributed by atoms with Crippen LogP contribution < -0.4 is 0 Å². The molecule has 0 spiro atoms. The predicted octanol–water partition coefficient (Wildman–Crippen LogP) is 0.265. The molecule has 0 atom stereocenters. The van der Waals surface area contributed by atoms with Crippen LogP contribution in [0.2, 0.25) is 0 Å². The number of carboxylic acid groups (broad SMARTS) is 1. The third-order valence-electron chi connectivity index (χ3n) is 1.55. The molecule has 6 heteroatoms. The summed E-state index contributed by atoms with van der Waals surface area (Å²) in [5, 5.41) is 12.2. The van der Waals surface area contributed by atoms with Gasteiger partial charge in [-0.2, -0.15) is 5.10 Å². The van der Waals surface area contributed by atoms with Gasteiger partial charge < -0.3 is 5.11 Å². The molecule has 0 aromatic carbocycles. The van der Waals surface area contributed by atoms with Crippen LogP contribution in [0.15, 0.2) is 6.33 Å². The second-order valence-electron chi connectivity index (χ2n) is 2.48. The molecule has 13 heavy (non-hydrogen) atoms. The summed E-state index contributed by atoms with van der Waals surface area (Å²) in [4.78, 5) is 14.1. The Kier molecular flexibility index (Phi) is 3.36. The zero-order chi connectivity index (χ0) is 9.68. The molecule has 1 aromatic heterocycles. The molecule has 0 unspecified atom stereocenters. The summed E-state index contributed by atoms with van der Waals surface area (Å²) in [7, 11) is 0. The van der Waals surface area contributed by atoms with Gasteiger partial charge in [0, 0.05) is 6.42 Å². The summed E-state index contributed by atoms with van der Waals surface area (Å²) in [6, 6.07) is 0. The SMILES string of the molecule is O=C(O)CCc1ncnn1CCF. The van der Waals surface area contributed by atoms with Gasteiger partial charge in [0.1, 0.15) is 18.8 Å². The minimum atomic E-state index is -0.894. The number of rotatable bonds is 5. The van der Waals surface area contributed by atoms with E-state index < -0.39 is 12.6 Å². The highest BCUT2D eigenvalue weighted by atomic mass is 19.1. The Morgan fingerprint density at radius 2 is 2.46 bits per heavy atom. The summed E-state index contributed by atoms with van der Waals surface area (Å²) < 4.78 is 13.3. The number of hydrogen-bond acceptors (Lipinski definition) is 3. The Morgan fingerprint density at radius 3 is 3.08 bits per heavy atom. The maximum atomic E-state index is 11.9. The van der Waals surface area contributed by atoms with Crippen molar-refractivity contribution in [3.8, 4) is 0 Å². The number of nitrogens with zero attached hydrogens (tertiary/aromatic N) is 3. The van der Waals surface area contributed by atoms with E-state index in [-0.39, 0.29) is 19.4 Å². The van der Waals surface area contributed by atoms with E-state index in [0.29, 0.717) is 5.82 Å². The van der Waals surface area contributed by atoms with Gasteiger partial charge in [-0.05, 0) is 0 Å². The largest absolute Gasteiger partial charge is 0.481 e. The van der Waals surface area contributed by atoms with Crippen molar-refractivity contribution < 1.29 is 14.3 Å². The number of halogens is 1. The number of carbonyl (C=O) groups is 1. The molecule has 1 rings (SSSR count). The Morgan fingerprint density at radius 1 is 1.69 bits per heavy atom. The molecular weight excluding hydrogens is 177 g/mol. The van der Waals surface area contributed by atoms with Gasteiger partial charge in [-0.15, -0.1) is 0 Å². The fourth-order valence-corrected chi connectivity index (χ4v) is 0.967. The van der Waals surface area contributed by atoms with Gasteiger partial charge in [-0.25, -0.2) is 14.1 Å². The van der Waals surface area contributed by atoms with E-state index in [4.69, 9.17) is 5.11 Å². The number of hydrogen-bond donors (Lipinski definition) is 1. The molecule has 0 saturated carbocycles. The Hall–Kier alpha value is -1.46. The third-order valence-corrected chi connectivity index (χ3v) is 1.55. The normalized spacial score (nSPS) is 10.2. The quantitative estimate of drug-likeness (QED) is 0.718. The molecule has 0 aliphatic carbocycles. The van der Waals surface area contributed by atoms with E-state index in [0.717, 1.165) is 0 Å². The van der Waals surface area contributed by atoms with Crippen LogP contribution in [0.3, 0.4) is 0 Å². The molecule has 5 nitrogen and oxygen atoms in total. The van der Waals surface area contributed by atoms with E-state index in [2.05, 4.69) is 10.1 Å². The van der Waals surface area contributed by atoms with Crippen LogP contribution in [0.1, 0.15) is 12.2 Å². The van der Waals surface area contributed by atoms with Gasteiger partial charge in [-0.1, -0.05) is 0 Å². The van der Waals surface area contributed by atoms with Crippen LogP contribution in [-0.2, 0) is 17.8 Å². The van der Waals surface area contributed by atoms with Gasteiger partial charge in [0.15, 0.2) is 0 Å². The fraction of sp³-hybridized carbons (Fsp3) is 0.571. The topological polar surface area (TPSA) is 68.0 Å². The molecular formula is C7H10FN3O2. The lowest BCUT2D eigenvalue weighted by Gasteiger charge is -2.00. The van der Waals surface area contributed by atoms with E-state index in [1.54, 1.807) is 0 Å². The van der Waals surface area contributed by atoms with Crippen LogP contribution in [-0.4, -0.2) is 32.5 Å². The maximum absolute atomic E-state index is 11.9. The van der Waals surface area contributed by atoms with E-state index in [1.165, 1.54) is 11.0 Å². The number of aryl methyl sites for hydroxylation is 2. The van der Waals surface area contributed by atoms with Crippen LogP contribution in [0.4, 0.5) is 4.39 Å². The Labute approximate surface area is 74.2 Å². The summed E-state index contributed by atoms with van der Waals surface area (Å²) >= 11 is 0. The maximum Gasteiger partial charge on any atom is 0.303 e. The van der Waals surface area contributed by atoms with Crippen molar-refractivity contribution in [1.29, 1.82) is 0 Å². The zero-order valence-electron chi connectivity index (χ0n) is 6.98. The first-order valence-corrected chi connectivity index (χ1v) is 3.88. The average molecular weight is 187 g/mol. The molecule has 1 aromatic rings. The highest BCUT2D eigenvalue weighted by molar-refractivity contribution is 5.66. The van der Waals surface area contributed by atoms with Crippen molar-refractivity contribution in [1.82, 2.24) is 14.8 Å². The first-order valence-electron chi connectivity index (χ1n) is 3.88. The summed E-state index contributed by atoms with van der Waals surface area (Å²) in [6.07, 6.45) is 1.58. The van der Waals surface area contributed by atoms with Crippen LogP contribution >= 0.6 is 0 Å². The average Bonchev–Trinajstić information content (AvgIpc) is 2.49. The molecule has 72 valence electrons. The second kappa shape index (κ2) is 4.54. The van der Waals surface area contributed by atoms with E-state index >= 15 is 0 Å².